The maximum Gasteiger partial charge on any atom is 0.317 e. The van der Waals surface area contributed by atoms with Crippen molar-refractivity contribution in [3.8, 4) is 0 Å². The van der Waals surface area contributed by atoms with Gasteiger partial charge in [0.05, 0.1) is 0 Å². The molecule has 0 fully saturated rings. The molecule has 0 rings (SSSR count). The van der Waals surface area contributed by atoms with Crippen LogP contribution in [0.4, 0.5) is 0 Å². The summed E-state index contributed by atoms with van der Waals surface area (Å²) >= 11 is 0. The lowest BCUT2D eigenvalue weighted by atomic mass is 10.0. The largest absolute Gasteiger partial charge is 0.481 e. The van der Waals surface area contributed by atoms with Gasteiger partial charge in [-0.25, -0.2) is 0 Å². The molecule has 0 atom stereocenters. The molecule has 0 aliphatic rings. The Balaban J connectivity index is 3.43. The zero-order chi connectivity index (χ0) is 13.1. The van der Waals surface area contributed by atoms with E-state index in [2.05, 4.69) is 6.92 Å². The van der Waals surface area contributed by atoms with Gasteiger partial charge >= 0.3 is 11.9 Å². The van der Waals surface area contributed by atoms with Crippen LogP contribution >= 0.6 is 0 Å². The fourth-order valence-electron chi connectivity index (χ4n) is 1.76. The number of carboxylic acid groups (broad SMARTS) is 2. The Bertz CT molecular complexity index is 211. The van der Waals surface area contributed by atoms with E-state index in [0.717, 1.165) is 25.7 Å². The lowest BCUT2D eigenvalue weighted by molar-refractivity contribution is -0.154. The maximum atomic E-state index is 10.6. The molecule has 99 valence electrons. The van der Waals surface area contributed by atoms with E-state index in [0.29, 0.717) is 6.42 Å². The summed E-state index contributed by atoms with van der Waals surface area (Å²) in [5, 5.41) is 17.3. The molecule has 4 nitrogen and oxygen atoms in total. The van der Waals surface area contributed by atoms with Gasteiger partial charge in [-0.1, -0.05) is 58.3 Å². The van der Waals surface area contributed by atoms with E-state index in [4.69, 9.17) is 10.2 Å². The van der Waals surface area contributed by atoms with Crippen molar-refractivity contribution in [2.45, 2.75) is 57.8 Å². The van der Waals surface area contributed by atoms with Gasteiger partial charge in [0.15, 0.2) is 5.92 Å². The summed E-state index contributed by atoms with van der Waals surface area (Å²) in [5.41, 5.74) is 0. The topological polar surface area (TPSA) is 74.6 Å². The van der Waals surface area contributed by atoms with Gasteiger partial charge in [0, 0.05) is 0 Å². The van der Waals surface area contributed by atoms with Crippen molar-refractivity contribution in [1.29, 1.82) is 0 Å². The van der Waals surface area contributed by atoms with Gasteiger partial charge < -0.3 is 10.2 Å². The summed E-state index contributed by atoms with van der Waals surface area (Å²) in [6, 6.07) is 0. The highest BCUT2D eigenvalue weighted by Gasteiger charge is 2.24. The van der Waals surface area contributed by atoms with Crippen molar-refractivity contribution < 1.29 is 19.8 Å². The molecule has 0 saturated carbocycles. The molecule has 0 unspecified atom stereocenters. The van der Waals surface area contributed by atoms with E-state index in [9.17, 15) is 9.59 Å². The predicted octanol–water partition coefficient (Wildman–Crippen LogP) is 3.12. The van der Waals surface area contributed by atoms with E-state index in [1.165, 1.54) is 19.3 Å². The van der Waals surface area contributed by atoms with Crippen LogP contribution in [0.2, 0.25) is 0 Å². The molecule has 17 heavy (non-hydrogen) atoms. The van der Waals surface area contributed by atoms with Crippen molar-refractivity contribution in [2.24, 2.45) is 5.92 Å². The molecule has 0 aromatic heterocycles. The fourth-order valence-corrected chi connectivity index (χ4v) is 1.76. The third-order valence-corrected chi connectivity index (χ3v) is 2.84. The summed E-state index contributed by atoms with van der Waals surface area (Å²) in [7, 11) is 0. The first-order valence-electron chi connectivity index (χ1n) is 6.34. The average Bonchev–Trinajstić information content (AvgIpc) is 2.26. The minimum atomic E-state index is -1.24. The molecule has 0 aromatic carbocycles. The fraction of sp³-hybridized carbons (Fsp3) is 0.769. The second kappa shape index (κ2) is 10.1. The minimum Gasteiger partial charge on any atom is -0.481 e. The number of carbonyl (C=O) groups is 2. The first-order valence-corrected chi connectivity index (χ1v) is 6.34. The highest BCUT2D eigenvalue weighted by atomic mass is 16.4. The van der Waals surface area contributed by atoms with Gasteiger partial charge in [0.1, 0.15) is 0 Å². The molecule has 0 aliphatic carbocycles. The van der Waals surface area contributed by atoms with Crippen LogP contribution < -0.4 is 0 Å². The molecule has 0 spiro atoms. The zero-order valence-corrected chi connectivity index (χ0v) is 10.4. The van der Waals surface area contributed by atoms with Crippen LogP contribution in [0.1, 0.15) is 57.8 Å². The van der Waals surface area contributed by atoms with Crippen LogP contribution in [0, 0.1) is 12.8 Å². The van der Waals surface area contributed by atoms with Crippen molar-refractivity contribution in [2.75, 3.05) is 0 Å². The third kappa shape index (κ3) is 8.72. The van der Waals surface area contributed by atoms with Crippen LogP contribution in [0.25, 0.3) is 0 Å². The Kier molecular flexibility index (Phi) is 9.49. The molecule has 1 radical (unpaired) electrons. The van der Waals surface area contributed by atoms with E-state index < -0.39 is 17.9 Å². The highest BCUT2D eigenvalue weighted by Crippen LogP contribution is 2.13. The lowest BCUT2D eigenvalue weighted by Gasteiger charge is -2.06. The number of hydrogen-bond donors (Lipinski definition) is 2. The maximum absolute atomic E-state index is 10.6. The van der Waals surface area contributed by atoms with Gasteiger partial charge in [0.2, 0.25) is 0 Å². The Morgan fingerprint density at radius 1 is 0.824 bits per heavy atom. The second-order valence-corrected chi connectivity index (χ2v) is 4.35. The first-order chi connectivity index (χ1) is 8.09. The number of aliphatic carboxylic acids is 2. The van der Waals surface area contributed by atoms with Gasteiger partial charge in [-0.3, -0.25) is 9.59 Å². The number of rotatable bonds is 11. The lowest BCUT2D eigenvalue weighted by Crippen LogP contribution is -2.23. The molecule has 0 aromatic rings. The smallest absolute Gasteiger partial charge is 0.317 e. The Hall–Kier alpha value is -1.06. The molecule has 4 heteroatoms. The van der Waals surface area contributed by atoms with E-state index in [-0.39, 0.29) is 6.42 Å². The average molecular weight is 243 g/mol. The zero-order valence-electron chi connectivity index (χ0n) is 10.4. The molecular formula is C13H23O4. The SMILES string of the molecule is [CH2]CCCCCCCCCC(C(=O)O)C(=O)O. The van der Waals surface area contributed by atoms with Gasteiger partial charge in [-0.2, -0.15) is 0 Å². The van der Waals surface area contributed by atoms with Gasteiger partial charge in [-0.05, 0) is 6.42 Å². The number of carboxylic acids is 2. The number of unbranched alkanes of at least 4 members (excludes halogenated alkanes) is 7. The van der Waals surface area contributed by atoms with E-state index in [1.54, 1.807) is 0 Å². The number of hydrogen-bond acceptors (Lipinski definition) is 2. The van der Waals surface area contributed by atoms with Crippen LogP contribution in [-0.2, 0) is 9.59 Å². The van der Waals surface area contributed by atoms with Gasteiger partial charge in [-0.15, -0.1) is 0 Å². The van der Waals surface area contributed by atoms with Crippen LogP contribution in [-0.4, -0.2) is 22.2 Å². The van der Waals surface area contributed by atoms with Crippen molar-refractivity contribution >= 4 is 11.9 Å². The standard InChI is InChI=1S/C13H23O4/c1-2-3-4-5-6-7-8-9-10-11(12(14)15)13(16)17/h11H,1-10H2,(H,14,15)(H,16,17). The first kappa shape index (κ1) is 15.9. The highest BCUT2D eigenvalue weighted by molar-refractivity contribution is 5.92. The normalized spacial score (nSPS) is 10.7. The van der Waals surface area contributed by atoms with Gasteiger partial charge in [0.25, 0.3) is 0 Å². The molecule has 2 N–H and O–H groups in total. The second-order valence-electron chi connectivity index (χ2n) is 4.35. The summed E-state index contributed by atoms with van der Waals surface area (Å²) in [5.74, 6) is -3.69. The molecule has 0 heterocycles. The summed E-state index contributed by atoms with van der Waals surface area (Å²) in [6.45, 7) is 3.77. The molecule has 0 saturated heterocycles. The van der Waals surface area contributed by atoms with E-state index in [1.807, 2.05) is 0 Å². The summed E-state index contributed by atoms with van der Waals surface area (Å²) < 4.78 is 0. The van der Waals surface area contributed by atoms with Crippen molar-refractivity contribution in [1.82, 2.24) is 0 Å². The Morgan fingerprint density at radius 2 is 1.24 bits per heavy atom. The molecule has 0 bridgehead atoms. The van der Waals surface area contributed by atoms with Crippen LogP contribution in [0.3, 0.4) is 0 Å². The summed E-state index contributed by atoms with van der Waals surface area (Å²) in [4.78, 5) is 21.2. The van der Waals surface area contributed by atoms with Crippen LogP contribution in [0.5, 0.6) is 0 Å². The molecule has 0 amide bonds. The summed E-state index contributed by atoms with van der Waals surface area (Å²) in [6.07, 6.45) is 8.59. The Labute approximate surface area is 103 Å². The van der Waals surface area contributed by atoms with E-state index >= 15 is 0 Å². The predicted molar refractivity (Wildman–Crippen MR) is 65.7 cm³/mol. The molecule has 0 aliphatic heterocycles. The monoisotopic (exact) mass is 243 g/mol. The van der Waals surface area contributed by atoms with Crippen molar-refractivity contribution in [3.05, 3.63) is 6.92 Å². The quantitative estimate of drug-likeness (QED) is 0.432. The molecular weight excluding hydrogens is 220 g/mol. The third-order valence-electron chi connectivity index (χ3n) is 2.84. The van der Waals surface area contributed by atoms with Crippen LogP contribution in [0.15, 0.2) is 0 Å². The minimum absolute atomic E-state index is 0.240. The Morgan fingerprint density at radius 3 is 1.65 bits per heavy atom. The van der Waals surface area contributed by atoms with Crippen molar-refractivity contribution in [3.63, 3.8) is 0 Å².